The van der Waals surface area contributed by atoms with Gasteiger partial charge in [-0.2, -0.15) is 0 Å². The molecule has 1 heterocycles. The standard InChI is InChI=1S/C8H7N3O2.V.W/c1-3-5-7-6-9-10-11(8(7)12)13-4-2;;/h3,5H,1H2,2H3;;/b7-5+;;. The van der Waals surface area contributed by atoms with Gasteiger partial charge in [-0.1, -0.05) is 0 Å². The topological polar surface area (TPSA) is 54.3 Å². The predicted octanol–water partition coefficient (Wildman–Crippen LogP) is 0.613. The third-order valence-electron chi connectivity index (χ3n) is 1.35. The maximum atomic E-state index is 11.8. The van der Waals surface area contributed by atoms with Gasteiger partial charge >= 0.3 is 107 Å². The van der Waals surface area contributed by atoms with Gasteiger partial charge in [0, 0.05) is 0 Å². The molecule has 0 saturated carbocycles. The predicted molar refractivity (Wildman–Crippen MR) is 46.8 cm³/mol. The average Bonchev–Trinajstić information content (AvgIpc) is 2.16. The summed E-state index contributed by atoms with van der Waals surface area (Å²) in [5.74, 6) is -0.333. The molecule has 0 aromatic carbocycles. The average molecular weight is 412 g/mol. The second-order valence-electron chi connectivity index (χ2n) is 2.50. The number of carbonyl (C=O) groups is 1. The van der Waals surface area contributed by atoms with Gasteiger partial charge in [0.05, 0.1) is 0 Å². The molecule has 1 aliphatic rings. The molecule has 0 radical (unpaired) electrons. The van der Waals surface area contributed by atoms with Gasteiger partial charge in [0.25, 0.3) is 0 Å². The van der Waals surface area contributed by atoms with Crippen molar-refractivity contribution in [3.05, 3.63) is 24.3 Å². The van der Waals surface area contributed by atoms with Crippen LogP contribution in [0.4, 0.5) is 0 Å². The van der Waals surface area contributed by atoms with Crippen molar-refractivity contribution in [2.45, 2.75) is 6.92 Å². The van der Waals surface area contributed by atoms with Crippen LogP contribution < -0.4 is 0 Å². The number of hydroxylamine groups is 1. The van der Waals surface area contributed by atoms with Gasteiger partial charge in [-0.15, -0.1) is 0 Å². The molecule has 5 nitrogen and oxygen atoms in total. The summed E-state index contributed by atoms with van der Waals surface area (Å²) >= 11 is 3.25. The molecule has 0 bridgehead atoms. The number of nitrogens with zero attached hydrogens (tertiary/aromatic N) is 3. The van der Waals surface area contributed by atoms with Crippen molar-refractivity contribution in [2.75, 3.05) is 0 Å². The number of rotatable bonds is 3. The second-order valence-corrected chi connectivity index (χ2v) is 4.87. The van der Waals surface area contributed by atoms with Crippen LogP contribution in [0.25, 0.3) is 0 Å². The van der Waals surface area contributed by atoms with E-state index < -0.39 is 0 Å². The number of carbonyl (C=O) groups excluding carboxylic acids is 1. The van der Waals surface area contributed by atoms with Crippen molar-refractivity contribution in [3.63, 3.8) is 0 Å². The molecule has 77 valence electrons. The summed E-state index contributed by atoms with van der Waals surface area (Å²) in [6, 6.07) is 0. The van der Waals surface area contributed by atoms with Crippen molar-refractivity contribution in [1.29, 1.82) is 0 Å². The van der Waals surface area contributed by atoms with Gasteiger partial charge in [-0.05, 0) is 0 Å². The molecule has 0 unspecified atom stereocenters. The fraction of sp³-hybridized carbons (Fsp3) is 0.125. The van der Waals surface area contributed by atoms with Crippen LogP contribution in [0.5, 0.6) is 0 Å². The van der Waals surface area contributed by atoms with Gasteiger partial charge in [-0.3, -0.25) is 0 Å². The zero-order chi connectivity index (χ0) is 11.4. The minimum atomic E-state index is -0.333. The van der Waals surface area contributed by atoms with Crippen molar-refractivity contribution >= 4 is 14.3 Å². The molecule has 0 N–H and O–H groups in total. The van der Waals surface area contributed by atoms with Crippen LogP contribution in [-0.4, -0.2) is 19.5 Å². The first-order valence-electron chi connectivity index (χ1n) is 3.90. The van der Waals surface area contributed by atoms with Crippen molar-refractivity contribution in [3.8, 4) is 0 Å². The Labute approximate surface area is 107 Å². The van der Waals surface area contributed by atoms with Crippen LogP contribution in [0.2, 0.25) is 0 Å². The Kier molecular flexibility index (Phi) is 4.67. The molecule has 0 aliphatic carbocycles. The number of hydrogen-bond acceptors (Lipinski definition) is 4. The molecule has 0 saturated heterocycles. The monoisotopic (exact) mass is 412 g/mol. The first kappa shape index (κ1) is 12.6. The van der Waals surface area contributed by atoms with E-state index in [-0.39, 0.29) is 5.91 Å². The third kappa shape index (κ3) is 3.24. The van der Waals surface area contributed by atoms with Gasteiger partial charge in [0.15, 0.2) is 0 Å². The summed E-state index contributed by atoms with van der Waals surface area (Å²) in [6.07, 6.45) is 3.13. The molecule has 0 atom stereocenters. The van der Waals surface area contributed by atoms with E-state index in [0.29, 0.717) is 14.0 Å². The maximum absolute atomic E-state index is 11.8. The van der Waals surface area contributed by atoms with E-state index in [1.807, 2.05) is 0 Å². The minimum absolute atomic E-state index is 0.333. The van der Waals surface area contributed by atoms with Gasteiger partial charge in [0.2, 0.25) is 0 Å². The van der Waals surface area contributed by atoms with E-state index in [9.17, 15) is 4.79 Å². The van der Waals surface area contributed by atoms with Crippen LogP contribution in [0.3, 0.4) is 0 Å². The molecule has 7 heteroatoms. The van der Waals surface area contributed by atoms with Gasteiger partial charge in [0.1, 0.15) is 0 Å². The van der Waals surface area contributed by atoms with Crippen LogP contribution in [0, 0.1) is 0 Å². The normalized spacial score (nSPS) is 18.4. The summed E-state index contributed by atoms with van der Waals surface area (Å²) in [5.41, 5.74) is 0.462. The summed E-state index contributed by atoms with van der Waals surface area (Å²) in [4.78, 5) is 16.8. The molecule has 1 amide bonds. The van der Waals surface area contributed by atoms with Crippen LogP contribution in [-0.2, 0) is 46.0 Å². The fourth-order valence-electron chi connectivity index (χ4n) is 0.816. The Morgan fingerprint density at radius 1 is 1.73 bits per heavy atom. The Morgan fingerprint density at radius 3 is 2.93 bits per heavy atom. The summed E-state index contributed by atoms with van der Waals surface area (Å²) < 4.78 is 1.18. The molecule has 1 aliphatic heterocycles. The first-order chi connectivity index (χ1) is 7.06. The van der Waals surface area contributed by atoms with Crippen molar-refractivity contribution in [2.24, 2.45) is 10.3 Å². The Morgan fingerprint density at radius 2 is 2.40 bits per heavy atom. The number of hydrogen-bond donors (Lipinski definition) is 0. The molecule has 0 aromatic heterocycles. The summed E-state index contributed by atoms with van der Waals surface area (Å²) in [7, 11) is 0. The van der Waals surface area contributed by atoms with E-state index in [4.69, 9.17) is 4.84 Å². The SMILES string of the molecule is C=C/C=C1/C(=O)N(O[C](C)=[V])N=N[C]1=[W]. The van der Waals surface area contributed by atoms with E-state index in [0.717, 1.165) is 24.5 Å². The second kappa shape index (κ2) is 5.56. The van der Waals surface area contributed by atoms with Crippen LogP contribution >= 0.6 is 0 Å². The zero-order valence-corrected chi connectivity index (χ0v) is 12.2. The molecular formula is C8H7N3O2VW. The molecule has 1 rings (SSSR count). The number of allylic oxidation sites excluding steroid dienone is 2. The quantitative estimate of drug-likeness (QED) is 0.639. The Balaban J connectivity index is 2.98. The number of amides is 1. The van der Waals surface area contributed by atoms with Gasteiger partial charge < -0.3 is 0 Å². The van der Waals surface area contributed by atoms with Crippen molar-refractivity contribution < 1.29 is 46.0 Å². The van der Waals surface area contributed by atoms with Crippen LogP contribution in [0.1, 0.15) is 6.92 Å². The Hall–Kier alpha value is -0.477. The first-order valence-corrected chi connectivity index (χ1v) is 6.06. The zero-order valence-electron chi connectivity index (χ0n) is 7.88. The Bertz CT molecular complexity index is 403. The van der Waals surface area contributed by atoms with E-state index in [1.54, 1.807) is 13.0 Å². The van der Waals surface area contributed by atoms with E-state index in [2.05, 4.69) is 33.9 Å². The van der Waals surface area contributed by atoms with Crippen LogP contribution in [0.15, 0.2) is 34.6 Å². The summed E-state index contributed by atoms with van der Waals surface area (Å²) in [5, 5.41) is 8.32. The fourth-order valence-corrected chi connectivity index (χ4v) is 1.63. The van der Waals surface area contributed by atoms with Gasteiger partial charge in [-0.25, -0.2) is 0 Å². The molecule has 0 spiro atoms. The van der Waals surface area contributed by atoms with E-state index >= 15 is 0 Å². The molecular weight excluding hydrogens is 405 g/mol. The van der Waals surface area contributed by atoms with Crippen molar-refractivity contribution in [1.82, 2.24) is 5.17 Å². The molecule has 0 fully saturated rings. The summed E-state index contributed by atoms with van der Waals surface area (Å²) in [6.45, 7) is 5.24. The molecule has 15 heavy (non-hydrogen) atoms. The van der Waals surface area contributed by atoms with E-state index in [1.165, 1.54) is 6.08 Å². The molecule has 0 aromatic rings. The third-order valence-corrected chi connectivity index (χ3v) is 2.57.